The molecule has 0 spiro atoms. The molecule has 0 atom stereocenters. The maximum absolute atomic E-state index is 12.2. The number of phenolic OH excluding ortho intramolecular Hbond substituents is 1. The van der Waals surface area contributed by atoms with E-state index in [2.05, 4.69) is 4.74 Å². The van der Waals surface area contributed by atoms with Gasteiger partial charge in [0.15, 0.2) is 5.78 Å². The summed E-state index contributed by atoms with van der Waals surface area (Å²) in [6.07, 6.45) is -2.93. The normalized spacial score (nSPS) is 14.2. The first-order valence-corrected chi connectivity index (χ1v) is 7.16. The third-order valence-electron chi connectivity index (χ3n) is 3.73. The van der Waals surface area contributed by atoms with Gasteiger partial charge in [0, 0.05) is 0 Å². The number of ether oxygens (including phenoxy) is 1. The quantitative estimate of drug-likeness (QED) is 0.884. The van der Waals surface area contributed by atoms with E-state index in [-0.39, 0.29) is 22.8 Å². The van der Waals surface area contributed by atoms with Crippen LogP contribution in [0, 0.1) is 6.92 Å². The minimum absolute atomic E-state index is 0.0563. The van der Waals surface area contributed by atoms with Crippen LogP contribution < -0.4 is 4.74 Å². The van der Waals surface area contributed by atoms with Crippen molar-refractivity contribution in [2.45, 2.75) is 19.7 Å². The Labute approximate surface area is 136 Å². The number of carbonyl (C=O) groups excluding carboxylic acids is 1. The zero-order chi connectivity index (χ0) is 17.5. The van der Waals surface area contributed by atoms with Gasteiger partial charge in [-0.2, -0.15) is 0 Å². The number of phenols is 1. The molecule has 0 heterocycles. The maximum atomic E-state index is 12.2. The highest BCUT2D eigenvalue weighted by Gasteiger charge is 2.31. The number of alkyl halides is 3. The number of fused-ring (bicyclic) bond motifs is 1. The summed E-state index contributed by atoms with van der Waals surface area (Å²) in [4.78, 5) is 12.2. The summed E-state index contributed by atoms with van der Waals surface area (Å²) in [5.41, 5.74) is 3.11. The van der Waals surface area contributed by atoms with Crippen LogP contribution in [0.3, 0.4) is 0 Å². The number of carbonyl (C=O) groups is 1. The molecule has 1 N–H and O–H groups in total. The Bertz CT molecular complexity index is 834. The van der Waals surface area contributed by atoms with E-state index in [9.17, 15) is 23.1 Å². The zero-order valence-electron chi connectivity index (χ0n) is 12.6. The van der Waals surface area contributed by atoms with Crippen molar-refractivity contribution in [2.24, 2.45) is 0 Å². The molecule has 0 aliphatic heterocycles. The van der Waals surface area contributed by atoms with Gasteiger partial charge in [-0.15, -0.1) is 13.2 Å². The van der Waals surface area contributed by atoms with Crippen molar-refractivity contribution in [1.29, 1.82) is 0 Å². The van der Waals surface area contributed by atoms with Crippen LogP contribution in [0.4, 0.5) is 13.2 Å². The summed E-state index contributed by atoms with van der Waals surface area (Å²) >= 11 is 0. The molecule has 6 heteroatoms. The molecule has 0 unspecified atom stereocenters. The van der Waals surface area contributed by atoms with Crippen molar-refractivity contribution >= 4 is 11.4 Å². The average molecular weight is 334 g/mol. The Hall–Kier alpha value is -2.76. The van der Waals surface area contributed by atoms with Crippen LogP contribution >= 0.6 is 0 Å². The van der Waals surface area contributed by atoms with E-state index in [1.54, 1.807) is 0 Å². The SMILES string of the molecule is Cc1cc(O)c2c(c1)CC(c1ccc(OC(F)(F)F)cc1)=CC2=O. The summed E-state index contributed by atoms with van der Waals surface area (Å²) in [5.74, 6) is -0.693. The van der Waals surface area contributed by atoms with E-state index in [1.807, 2.05) is 13.0 Å². The van der Waals surface area contributed by atoms with Gasteiger partial charge in [-0.3, -0.25) is 4.79 Å². The summed E-state index contributed by atoms with van der Waals surface area (Å²) in [6.45, 7) is 1.81. The van der Waals surface area contributed by atoms with Gasteiger partial charge in [0.2, 0.25) is 0 Å². The molecule has 0 aromatic heterocycles. The monoisotopic (exact) mass is 334 g/mol. The number of rotatable bonds is 2. The lowest BCUT2D eigenvalue weighted by Gasteiger charge is -2.18. The smallest absolute Gasteiger partial charge is 0.507 e. The van der Waals surface area contributed by atoms with E-state index in [4.69, 9.17) is 0 Å². The molecule has 1 aliphatic carbocycles. The van der Waals surface area contributed by atoms with E-state index in [0.717, 1.165) is 5.56 Å². The molecule has 0 radical (unpaired) electrons. The molecule has 1 aliphatic rings. The first-order chi connectivity index (χ1) is 11.2. The molecule has 0 bridgehead atoms. The molecule has 3 nitrogen and oxygen atoms in total. The number of aryl methyl sites for hydroxylation is 1. The lowest BCUT2D eigenvalue weighted by molar-refractivity contribution is -0.274. The topological polar surface area (TPSA) is 46.5 Å². The fourth-order valence-corrected chi connectivity index (χ4v) is 2.81. The van der Waals surface area contributed by atoms with Gasteiger partial charge in [-0.25, -0.2) is 0 Å². The van der Waals surface area contributed by atoms with E-state index >= 15 is 0 Å². The number of hydrogen-bond acceptors (Lipinski definition) is 3. The fraction of sp³-hybridized carbons (Fsp3) is 0.167. The van der Waals surface area contributed by atoms with E-state index in [1.165, 1.54) is 36.4 Å². The number of halogens is 3. The van der Waals surface area contributed by atoms with Crippen molar-refractivity contribution in [3.8, 4) is 11.5 Å². The molecule has 0 saturated heterocycles. The number of hydrogen-bond donors (Lipinski definition) is 1. The number of aromatic hydroxyl groups is 1. The van der Waals surface area contributed by atoms with Crippen molar-refractivity contribution in [3.05, 3.63) is 64.7 Å². The van der Waals surface area contributed by atoms with Crippen LogP contribution in [0.1, 0.15) is 27.0 Å². The van der Waals surface area contributed by atoms with Crippen LogP contribution in [0.5, 0.6) is 11.5 Å². The van der Waals surface area contributed by atoms with Crippen molar-refractivity contribution in [3.63, 3.8) is 0 Å². The van der Waals surface area contributed by atoms with Crippen molar-refractivity contribution < 1.29 is 27.8 Å². The van der Waals surface area contributed by atoms with Gasteiger partial charge in [0.05, 0.1) is 5.56 Å². The third-order valence-corrected chi connectivity index (χ3v) is 3.73. The Morgan fingerprint density at radius 1 is 1.12 bits per heavy atom. The van der Waals surface area contributed by atoms with Crippen molar-refractivity contribution in [1.82, 2.24) is 0 Å². The highest BCUT2D eigenvalue weighted by Crippen LogP contribution is 2.34. The number of ketones is 1. The van der Waals surface area contributed by atoms with Crippen LogP contribution in [0.2, 0.25) is 0 Å². The Balaban J connectivity index is 1.90. The van der Waals surface area contributed by atoms with Gasteiger partial charge in [0.1, 0.15) is 11.5 Å². The first-order valence-electron chi connectivity index (χ1n) is 7.16. The molecule has 0 saturated carbocycles. The lowest BCUT2D eigenvalue weighted by atomic mass is 9.86. The van der Waals surface area contributed by atoms with Crippen LogP contribution in [-0.2, 0) is 6.42 Å². The summed E-state index contributed by atoms with van der Waals surface area (Å²) in [5, 5.41) is 9.94. The fourth-order valence-electron chi connectivity index (χ4n) is 2.81. The number of benzene rings is 2. The zero-order valence-corrected chi connectivity index (χ0v) is 12.6. The first kappa shape index (κ1) is 16.1. The van der Waals surface area contributed by atoms with Crippen LogP contribution in [0.25, 0.3) is 5.57 Å². The second-order valence-corrected chi connectivity index (χ2v) is 5.60. The molecule has 124 valence electrons. The predicted octanol–water partition coefficient (Wildman–Crippen LogP) is 4.42. The predicted molar refractivity (Wildman–Crippen MR) is 82.0 cm³/mol. The van der Waals surface area contributed by atoms with E-state index in [0.29, 0.717) is 23.1 Å². The van der Waals surface area contributed by atoms with E-state index < -0.39 is 6.36 Å². The Morgan fingerprint density at radius 2 is 1.79 bits per heavy atom. The minimum Gasteiger partial charge on any atom is -0.507 e. The Kier molecular flexibility index (Phi) is 3.83. The third kappa shape index (κ3) is 3.27. The second-order valence-electron chi connectivity index (χ2n) is 5.60. The minimum atomic E-state index is -4.74. The maximum Gasteiger partial charge on any atom is 0.573 e. The lowest BCUT2D eigenvalue weighted by Crippen LogP contribution is -2.17. The largest absolute Gasteiger partial charge is 0.573 e. The molecule has 0 fully saturated rings. The summed E-state index contributed by atoms with van der Waals surface area (Å²) in [7, 11) is 0. The van der Waals surface area contributed by atoms with Gasteiger partial charge < -0.3 is 9.84 Å². The van der Waals surface area contributed by atoms with Crippen LogP contribution in [0.15, 0.2) is 42.5 Å². The van der Waals surface area contributed by atoms with Gasteiger partial charge in [-0.1, -0.05) is 18.2 Å². The van der Waals surface area contributed by atoms with Gasteiger partial charge in [-0.05, 0) is 59.9 Å². The molecule has 3 rings (SSSR count). The highest BCUT2D eigenvalue weighted by molar-refractivity contribution is 6.13. The second kappa shape index (κ2) is 5.70. The van der Waals surface area contributed by atoms with Gasteiger partial charge >= 0.3 is 6.36 Å². The van der Waals surface area contributed by atoms with Crippen LogP contribution in [-0.4, -0.2) is 17.3 Å². The average Bonchev–Trinajstić information content (AvgIpc) is 2.45. The summed E-state index contributed by atoms with van der Waals surface area (Å²) < 4.78 is 40.4. The molecule has 2 aromatic rings. The summed E-state index contributed by atoms with van der Waals surface area (Å²) in [6, 6.07) is 8.70. The molecule has 0 amide bonds. The van der Waals surface area contributed by atoms with Crippen molar-refractivity contribution in [2.75, 3.05) is 0 Å². The molecular formula is C18H13F3O3. The Morgan fingerprint density at radius 3 is 2.42 bits per heavy atom. The van der Waals surface area contributed by atoms with Gasteiger partial charge in [0.25, 0.3) is 0 Å². The highest BCUT2D eigenvalue weighted by atomic mass is 19.4. The molecular weight excluding hydrogens is 321 g/mol. The molecule has 2 aromatic carbocycles. The standard InChI is InChI=1S/C18H13F3O3/c1-10-6-13-8-12(9-16(23)17(13)15(22)7-10)11-2-4-14(5-3-11)24-18(19,20)21/h2-7,9,22H,8H2,1H3. The number of allylic oxidation sites excluding steroid dienone is 2. The molecule has 24 heavy (non-hydrogen) atoms.